The Kier molecular flexibility index (Phi) is 3.70. The number of morpholine rings is 1. The van der Waals surface area contributed by atoms with E-state index in [9.17, 15) is 4.79 Å². The molecule has 1 atom stereocenters. The van der Waals surface area contributed by atoms with E-state index >= 15 is 0 Å². The molecule has 1 unspecified atom stereocenters. The fraction of sp³-hybridized carbons (Fsp3) is 0.462. The summed E-state index contributed by atoms with van der Waals surface area (Å²) in [4.78, 5) is 12.1. The van der Waals surface area contributed by atoms with Crippen molar-refractivity contribution in [2.75, 3.05) is 19.8 Å². The molecule has 1 aromatic carbocycles. The maximum atomic E-state index is 12.1. The molecule has 0 radical (unpaired) electrons. The number of hydrogen-bond donors (Lipinski definition) is 1. The SMILES string of the molecule is CCc1ccc(C(=O)C2COCCN2)cc1. The standard InChI is InChI=1S/C13H17NO2/c1-2-10-3-5-11(6-4-10)13(15)12-9-16-8-7-14-12/h3-6,12,14H,2,7-9H2,1H3. The first kappa shape index (κ1) is 11.3. The number of carbonyl (C=O) groups excluding carboxylic acids is 1. The summed E-state index contributed by atoms with van der Waals surface area (Å²) in [5, 5.41) is 3.17. The highest BCUT2D eigenvalue weighted by Gasteiger charge is 2.22. The minimum absolute atomic E-state index is 0.127. The van der Waals surface area contributed by atoms with Crippen LogP contribution in [0.1, 0.15) is 22.8 Å². The van der Waals surface area contributed by atoms with Crippen LogP contribution in [0.4, 0.5) is 0 Å². The second kappa shape index (κ2) is 5.23. The summed E-state index contributed by atoms with van der Waals surface area (Å²) < 4.78 is 5.29. The summed E-state index contributed by atoms with van der Waals surface area (Å²) in [5.41, 5.74) is 2.02. The summed E-state index contributed by atoms with van der Waals surface area (Å²) in [6, 6.07) is 7.64. The Bertz CT molecular complexity index is 353. The maximum Gasteiger partial charge on any atom is 0.182 e. The van der Waals surface area contributed by atoms with Crippen molar-refractivity contribution in [1.82, 2.24) is 5.32 Å². The van der Waals surface area contributed by atoms with E-state index in [4.69, 9.17) is 4.74 Å². The molecule has 0 bridgehead atoms. The second-order valence-corrected chi connectivity index (χ2v) is 4.00. The maximum absolute atomic E-state index is 12.1. The molecule has 0 saturated carbocycles. The molecule has 1 aliphatic heterocycles. The third kappa shape index (κ3) is 2.49. The third-order valence-corrected chi connectivity index (χ3v) is 2.88. The number of Topliss-reactive ketones (excluding diaryl/α,β-unsaturated/α-hetero) is 1. The van der Waals surface area contributed by atoms with Gasteiger partial charge in [0, 0.05) is 12.1 Å². The van der Waals surface area contributed by atoms with Gasteiger partial charge in [0.1, 0.15) is 0 Å². The number of rotatable bonds is 3. The first-order chi connectivity index (χ1) is 7.81. The van der Waals surface area contributed by atoms with Crippen molar-refractivity contribution in [3.63, 3.8) is 0 Å². The summed E-state index contributed by atoms with van der Waals surface area (Å²) in [5.74, 6) is 0.127. The fourth-order valence-electron chi connectivity index (χ4n) is 1.84. The average molecular weight is 219 g/mol. The first-order valence-electron chi connectivity index (χ1n) is 5.75. The zero-order chi connectivity index (χ0) is 11.4. The number of nitrogens with one attached hydrogen (secondary N) is 1. The molecule has 1 fully saturated rings. The van der Waals surface area contributed by atoms with Crippen molar-refractivity contribution < 1.29 is 9.53 Å². The van der Waals surface area contributed by atoms with Crippen LogP contribution in [0.2, 0.25) is 0 Å². The second-order valence-electron chi connectivity index (χ2n) is 4.00. The van der Waals surface area contributed by atoms with E-state index in [-0.39, 0.29) is 11.8 Å². The number of benzene rings is 1. The highest BCUT2D eigenvalue weighted by atomic mass is 16.5. The van der Waals surface area contributed by atoms with Gasteiger partial charge in [-0.1, -0.05) is 31.2 Å². The van der Waals surface area contributed by atoms with E-state index in [0.29, 0.717) is 13.2 Å². The lowest BCUT2D eigenvalue weighted by molar-refractivity contribution is 0.0607. The molecule has 1 saturated heterocycles. The summed E-state index contributed by atoms with van der Waals surface area (Å²) in [6.45, 7) is 4.03. The van der Waals surface area contributed by atoms with Crippen LogP contribution in [0, 0.1) is 0 Å². The molecule has 0 aliphatic carbocycles. The van der Waals surface area contributed by atoms with Gasteiger partial charge >= 0.3 is 0 Å². The van der Waals surface area contributed by atoms with Crippen LogP contribution in [0.15, 0.2) is 24.3 Å². The quantitative estimate of drug-likeness (QED) is 0.781. The largest absolute Gasteiger partial charge is 0.378 e. The molecule has 3 nitrogen and oxygen atoms in total. The number of ether oxygens (including phenoxy) is 1. The molecule has 86 valence electrons. The molecule has 2 rings (SSSR count). The Morgan fingerprint density at radius 3 is 2.75 bits per heavy atom. The Morgan fingerprint density at radius 2 is 2.19 bits per heavy atom. The number of hydrogen-bond acceptors (Lipinski definition) is 3. The summed E-state index contributed by atoms with van der Waals surface area (Å²) in [7, 11) is 0. The van der Waals surface area contributed by atoms with Gasteiger partial charge in [0.05, 0.1) is 19.3 Å². The molecule has 16 heavy (non-hydrogen) atoms. The van der Waals surface area contributed by atoms with Crippen LogP contribution in [0.25, 0.3) is 0 Å². The van der Waals surface area contributed by atoms with Gasteiger partial charge in [-0.25, -0.2) is 0 Å². The lowest BCUT2D eigenvalue weighted by Gasteiger charge is -2.22. The van der Waals surface area contributed by atoms with E-state index in [1.807, 2.05) is 24.3 Å². The number of aryl methyl sites for hydroxylation is 1. The Balaban J connectivity index is 2.07. The molecular formula is C13H17NO2. The highest BCUT2D eigenvalue weighted by molar-refractivity contribution is 6.00. The number of carbonyl (C=O) groups is 1. The van der Waals surface area contributed by atoms with E-state index in [1.165, 1.54) is 5.56 Å². The van der Waals surface area contributed by atoms with Gasteiger partial charge in [-0.2, -0.15) is 0 Å². The summed E-state index contributed by atoms with van der Waals surface area (Å²) >= 11 is 0. The molecular weight excluding hydrogens is 202 g/mol. The molecule has 1 heterocycles. The lowest BCUT2D eigenvalue weighted by Crippen LogP contribution is -2.46. The normalized spacial score (nSPS) is 20.7. The molecule has 0 aromatic heterocycles. The van der Waals surface area contributed by atoms with Gasteiger partial charge < -0.3 is 10.1 Å². The lowest BCUT2D eigenvalue weighted by atomic mass is 10.0. The van der Waals surface area contributed by atoms with E-state index < -0.39 is 0 Å². The van der Waals surface area contributed by atoms with Crippen LogP contribution < -0.4 is 5.32 Å². The van der Waals surface area contributed by atoms with Gasteiger partial charge in [0.25, 0.3) is 0 Å². The fourth-order valence-corrected chi connectivity index (χ4v) is 1.84. The van der Waals surface area contributed by atoms with E-state index in [0.717, 1.165) is 18.5 Å². The smallest absolute Gasteiger partial charge is 0.182 e. The third-order valence-electron chi connectivity index (χ3n) is 2.88. The van der Waals surface area contributed by atoms with E-state index in [1.54, 1.807) is 0 Å². The zero-order valence-corrected chi connectivity index (χ0v) is 9.53. The van der Waals surface area contributed by atoms with Crippen molar-refractivity contribution in [3.8, 4) is 0 Å². The zero-order valence-electron chi connectivity index (χ0n) is 9.53. The van der Waals surface area contributed by atoms with Crippen LogP contribution in [-0.4, -0.2) is 31.6 Å². The van der Waals surface area contributed by atoms with Crippen molar-refractivity contribution in [3.05, 3.63) is 35.4 Å². The van der Waals surface area contributed by atoms with Gasteiger partial charge in [0.2, 0.25) is 0 Å². The summed E-state index contributed by atoms with van der Waals surface area (Å²) in [6.07, 6.45) is 0.999. The molecule has 1 aliphatic rings. The first-order valence-corrected chi connectivity index (χ1v) is 5.75. The van der Waals surface area contributed by atoms with E-state index in [2.05, 4.69) is 12.2 Å². The predicted octanol–water partition coefficient (Wildman–Crippen LogP) is 1.42. The van der Waals surface area contributed by atoms with Crippen LogP contribution in [0.5, 0.6) is 0 Å². The topological polar surface area (TPSA) is 38.3 Å². The van der Waals surface area contributed by atoms with Crippen LogP contribution in [-0.2, 0) is 11.2 Å². The van der Waals surface area contributed by atoms with Gasteiger partial charge in [-0.3, -0.25) is 4.79 Å². The van der Waals surface area contributed by atoms with Crippen LogP contribution in [0.3, 0.4) is 0 Å². The Labute approximate surface area is 95.8 Å². The molecule has 0 amide bonds. The minimum Gasteiger partial charge on any atom is -0.378 e. The molecule has 3 heteroatoms. The van der Waals surface area contributed by atoms with Crippen molar-refractivity contribution in [1.29, 1.82) is 0 Å². The van der Waals surface area contributed by atoms with Crippen molar-refractivity contribution >= 4 is 5.78 Å². The minimum atomic E-state index is -0.179. The van der Waals surface area contributed by atoms with Crippen molar-refractivity contribution in [2.45, 2.75) is 19.4 Å². The van der Waals surface area contributed by atoms with Gasteiger partial charge in [-0.05, 0) is 12.0 Å². The number of ketones is 1. The van der Waals surface area contributed by atoms with Crippen molar-refractivity contribution in [2.24, 2.45) is 0 Å². The highest BCUT2D eigenvalue weighted by Crippen LogP contribution is 2.09. The monoisotopic (exact) mass is 219 g/mol. The van der Waals surface area contributed by atoms with Crippen LogP contribution >= 0.6 is 0 Å². The molecule has 1 N–H and O–H groups in total. The average Bonchev–Trinajstić information content (AvgIpc) is 2.39. The van der Waals surface area contributed by atoms with Gasteiger partial charge in [0.15, 0.2) is 5.78 Å². The molecule has 0 spiro atoms. The Hall–Kier alpha value is -1.19. The van der Waals surface area contributed by atoms with Gasteiger partial charge in [-0.15, -0.1) is 0 Å². The Morgan fingerprint density at radius 1 is 1.44 bits per heavy atom. The molecule has 1 aromatic rings. The predicted molar refractivity (Wildman–Crippen MR) is 62.8 cm³/mol.